The number of hydrogen-bond acceptors (Lipinski definition) is 2. The Labute approximate surface area is 196 Å². The number of furan rings is 1. The summed E-state index contributed by atoms with van der Waals surface area (Å²) in [6.45, 7) is 14.2. The van der Waals surface area contributed by atoms with E-state index in [-0.39, 0.29) is 5.04 Å². The monoisotopic (exact) mass is 447 g/mol. The molecule has 6 rings (SSSR count). The van der Waals surface area contributed by atoms with E-state index in [4.69, 9.17) is 9.40 Å². The van der Waals surface area contributed by atoms with Crippen LogP contribution in [0.15, 0.2) is 71.3 Å². The average molecular weight is 448 g/mol. The molecule has 0 fully saturated rings. The predicted molar refractivity (Wildman–Crippen MR) is 142 cm³/mol. The Bertz CT molecular complexity index is 1590. The van der Waals surface area contributed by atoms with Crippen LogP contribution < -0.4 is 5.19 Å². The van der Waals surface area contributed by atoms with Crippen molar-refractivity contribution in [3.8, 4) is 22.6 Å². The second kappa shape index (κ2) is 6.68. The third kappa shape index (κ3) is 2.63. The van der Waals surface area contributed by atoms with Gasteiger partial charge in [0.15, 0.2) is 0 Å². The molecule has 0 amide bonds. The van der Waals surface area contributed by atoms with E-state index in [1.54, 1.807) is 0 Å². The standard InChI is InChI=1S/C30H29NOSi/c1-18-19(2)32-28-26-24(25-16-20-11-7-8-13-22(20)17-31-25)15-21-12-9-10-14-23(21)29(26)33(5,6)30(3,4)27(18)28/h7-17H,1-6H3. The van der Waals surface area contributed by atoms with E-state index in [1.807, 2.05) is 6.20 Å². The number of hydrogen-bond donors (Lipinski definition) is 0. The van der Waals surface area contributed by atoms with Crippen molar-refractivity contribution in [3.63, 3.8) is 0 Å². The Hall–Kier alpha value is -3.17. The molecule has 0 saturated carbocycles. The Kier molecular flexibility index (Phi) is 4.13. The van der Waals surface area contributed by atoms with Crippen LogP contribution in [0.1, 0.15) is 30.7 Å². The predicted octanol–water partition coefficient (Wildman–Crippen LogP) is 7.68. The van der Waals surface area contributed by atoms with E-state index >= 15 is 0 Å². The van der Waals surface area contributed by atoms with Crippen molar-refractivity contribution in [2.75, 3.05) is 0 Å². The zero-order valence-corrected chi connectivity index (χ0v) is 21.2. The van der Waals surface area contributed by atoms with Crippen LogP contribution in [0.4, 0.5) is 0 Å². The number of nitrogens with zero attached hydrogens (tertiary/aromatic N) is 1. The van der Waals surface area contributed by atoms with Gasteiger partial charge in [0.25, 0.3) is 0 Å². The van der Waals surface area contributed by atoms with Crippen LogP contribution in [0.5, 0.6) is 0 Å². The Morgan fingerprint density at radius 2 is 1.52 bits per heavy atom. The van der Waals surface area contributed by atoms with Gasteiger partial charge in [0.1, 0.15) is 11.5 Å². The van der Waals surface area contributed by atoms with Crippen LogP contribution in [0.3, 0.4) is 0 Å². The fraction of sp³-hybridized carbons (Fsp3) is 0.233. The molecule has 0 bridgehead atoms. The van der Waals surface area contributed by atoms with Crippen LogP contribution >= 0.6 is 0 Å². The molecular weight excluding hydrogens is 418 g/mol. The average Bonchev–Trinajstić information content (AvgIpc) is 3.11. The lowest BCUT2D eigenvalue weighted by Crippen LogP contribution is -2.60. The van der Waals surface area contributed by atoms with Crippen molar-refractivity contribution >= 4 is 34.8 Å². The number of pyridine rings is 1. The molecular formula is C30H29NOSi. The number of aromatic nitrogens is 1. The SMILES string of the molecule is Cc1oc2c(c1C)C(C)(C)[Si](C)(C)c1c-2c(-c2cc3ccccc3cn2)cc2ccccc12. The second-order valence-electron chi connectivity index (χ2n) is 10.5. The Morgan fingerprint density at radius 1 is 0.848 bits per heavy atom. The molecule has 2 aromatic heterocycles. The molecule has 3 aromatic carbocycles. The van der Waals surface area contributed by atoms with Gasteiger partial charge in [-0.1, -0.05) is 75.5 Å². The summed E-state index contributed by atoms with van der Waals surface area (Å²) in [5.74, 6) is 2.07. The highest BCUT2D eigenvalue weighted by Gasteiger charge is 2.51. The molecule has 1 aliphatic rings. The summed E-state index contributed by atoms with van der Waals surface area (Å²) >= 11 is 0. The molecule has 1 aliphatic heterocycles. The summed E-state index contributed by atoms with van der Waals surface area (Å²) in [7, 11) is -1.98. The summed E-state index contributed by atoms with van der Waals surface area (Å²) in [4.78, 5) is 4.95. The van der Waals surface area contributed by atoms with Crippen LogP contribution in [0.2, 0.25) is 13.1 Å². The van der Waals surface area contributed by atoms with Gasteiger partial charge in [0.05, 0.1) is 13.8 Å². The first-order valence-corrected chi connectivity index (χ1v) is 14.7. The van der Waals surface area contributed by atoms with E-state index in [1.165, 1.54) is 43.6 Å². The van der Waals surface area contributed by atoms with Crippen molar-refractivity contribution in [1.29, 1.82) is 0 Å². The number of aryl methyl sites for hydroxylation is 1. The van der Waals surface area contributed by atoms with Gasteiger partial charge in [-0.25, -0.2) is 0 Å². The van der Waals surface area contributed by atoms with Gasteiger partial charge in [0, 0.05) is 28.3 Å². The van der Waals surface area contributed by atoms with Crippen LogP contribution in [-0.4, -0.2) is 13.1 Å². The van der Waals surface area contributed by atoms with Crippen LogP contribution in [-0.2, 0) is 5.04 Å². The first kappa shape index (κ1) is 20.4. The maximum atomic E-state index is 6.59. The van der Waals surface area contributed by atoms with Crippen molar-refractivity contribution in [2.45, 2.75) is 45.8 Å². The lowest BCUT2D eigenvalue weighted by Gasteiger charge is -2.46. The summed E-state index contributed by atoms with van der Waals surface area (Å²) in [5.41, 5.74) is 6.14. The van der Waals surface area contributed by atoms with Crippen molar-refractivity contribution in [1.82, 2.24) is 4.98 Å². The fourth-order valence-electron chi connectivity index (χ4n) is 5.85. The third-order valence-corrected chi connectivity index (χ3v) is 13.5. The van der Waals surface area contributed by atoms with Gasteiger partial charge >= 0.3 is 0 Å². The summed E-state index contributed by atoms with van der Waals surface area (Å²) in [6.07, 6.45) is 2.00. The molecule has 0 unspecified atom stereocenters. The fourth-order valence-corrected chi connectivity index (χ4v) is 9.17. The van der Waals surface area contributed by atoms with E-state index < -0.39 is 8.07 Å². The Balaban J connectivity index is 1.81. The summed E-state index contributed by atoms with van der Waals surface area (Å²) < 4.78 is 6.59. The molecule has 0 atom stereocenters. The maximum Gasteiger partial charge on any atom is 0.138 e. The molecule has 5 aromatic rings. The minimum atomic E-state index is -1.98. The van der Waals surface area contributed by atoms with Crippen molar-refractivity contribution < 1.29 is 4.42 Å². The van der Waals surface area contributed by atoms with Gasteiger partial charge < -0.3 is 4.42 Å². The highest BCUT2D eigenvalue weighted by Crippen LogP contribution is 2.51. The van der Waals surface area contributed by atoms with Gasteiger partial charge in [-0.05, 0) is 57.9 Å². The highest BCUT2D eigenvalue weighted by molar-refractivity contribution is 6.95. The van der Waals surface area contributed by atoms with Gasteiger partial charge in [0.2, 0.25) is 0 Å². The van der Waals surface area contributed by atoms with Crippen LogP contribution in [0.25, 0.3) is 44.1 Å². The van der Waals surface area contributed by atoms with Crippen LogP contribution in [0, 0.1) is 13.8 Å². The summed E-state index contributed by atoms with van der Waals surface area (Å²) in [6, 6.07) is 21.9. The first-order chi connectivity index (χ1) is 15.7. The van der Waals surface area contributed by atoms with Crippen molar-refractivity contribution in [2.24, 2.45) is 0 Å². The van der Waals surface area contributed by atoms with Gasteiger partial charge in [-0.3, -0.25) is 4.98 Å². The minimum Gasteiger partial charge on any atom is -0.461 e. The van der Waals surface area contributed by atoms with Gasteiger partial charge in [-0.2, -0.15) is 0 Å². The largest absolute Gasteiger partial charge is 0.461 e. The molecule has 0 radical (unpaired) electrons. The second-order valence-corrected chi connectivity index (χ2v) is 15.5. The minimum absolute atomic E-state index is 0.0510. The molecule has 0 aliphatic carbocycles. The topological polar surface area (TPSA) is 26.0 Å². The normalized spacial score (nSPS) is 16.1. The Morgan fingerprint density at radius 3 is 2.27 bits per heavy atom. The van der Waals surface area contributed by atoms with E-state index in [0.29, 0.717) is 0 Å². The highest BCUT2D eigenvalue weighted by atomic mass is 28.3. The van der Waals surface area contributed by atoms with E-state index in [0.717, 1.165) is 22.6 Å². The molecule has 2 nitrogen and oxygen atoms in total. The molecule has 0 spiro atoms. The number of benzene rings is 3. The zero-order valence-electron chi connectivity index (χ0n) is 20.2. The van der Waals surface area contributed by atoms with Gasteiger partial charge in [-0.15, -0.1) is 0 Å². The third-order valence-electron chi connectivity index (χ3n) is 8.38. The molecule has 3 heterocycles. The molecule has 164 valence electrons. The van der Waals surface area contributed by atoms with E-state index in [2.05, 4.69) is 101 Å². The first-order valence-electron chi connectivity index (χ1n) is 11.7. The maximum absolute atomic E-state index is 6.59. The number of rotatable bonds is 1. The zero-order chi connectivity index (χ0) is 23.1. The molecule has 33 heavy (non-hydrogen) atoms. The molecule has 3 heteroatoms. The lowest BCUT2D eigenvalue weighted by atomic mass is 9.89. The molecule has 0 saturated heterocycles. The molecule has 0 N–H and O–H groups in total. The number of fused-ring (bicyclic) bond motifs is 6. The smallest absolute Gasteiger partial charge is 0.138 e. The van der Waals surface area contributed by atoms with E-state index in [9.17, 15) is 0 Å². The quantitative estimate of drug-likeness (QED) is 0.246. The lowest BCUT2D eigenvalue weighted by molar-refractivity contribution is 0.540. The van der Waals surface area contributed by atoms with Crippen molar-refractivity contribution in [3.05, 3.63) is 83.7 Å². The summed E-state index contributed by atoms with van der Waals surface area (Å²) in [5, 5.41) is 6.56.